The van der Waals surface area contributed by atoms with Gasteiger partial charge < -0.3 is 0 Å². The monoisotopic (exact) mass is 490 g/mol. The number of aromatic nitrogens is 3. The van der Waals surface area contributed by atoms with E-state index in [0.717, 1.165) is 26.9 Å². The summed E-state index contributed by atoms with van der Waals surface area (Å²) in [5.74, 6) is -0.938. The number of benzene rings is 3. The van der Waals surface area contributed by atoms with Crippen molar-refractivity contribution < 1.29 is 18.0 Å². The lowest BCUT2D eigenvalue weighted by atomic mass is 10.1. The smallest absolute Gasteiger partial charge is 0.298 e. The maximum atomic E-state index is 14.0. The van der Waals surface area contributed by atoms with Gasteiger partial charge in [-0.2, -0.15) is 18.3 Å². The van der Waals surface area contributed by atoms with Gasteiger partial charge in [-0.05, 0) is 17.7 Å². The Labute approximate surface area is 202 Å². The van der Waals surface area contributed by atoms with Crippen LogP contribution < -0.4 is 5.32 Å². The summed E-state index contributed by atoms with van der Waals surface area (Å²) in [6.07, 6.45) is -3.87. The molecule has 35 heavy (non-hydrogen) atoms. The average molecular weight is 491 g/mol. The Kier molecular flexibility index (Phi) is 5.92. The van der Waals surface area contributed by atoms with Crippen molar-refractivity contribution in [3.05, 3.63) is 108 Å². The van der Waals surface area contributed by atoms with Crippen LogP contribution >= 0.6 is 11.3 Å². The number of nitrogens with zero attached hydrogens (tertiary/aromatic N) is 3. The van der Waals surface area contributed by atoms with E-state index in [1.165, 1.54) is 23.5 Å². The van der Waals surface area contributed by atoms with Crippen molar-refractivity contribution in [1.29, 1.82) is 0 Å². The summed E-state index contributed by atoms with van der Waals surface area (Å²) in [5.41, 5.74) is 0.815. The van der Waals surface area contributed by atoms with Gasteiger partial charge >= 0.3 is 6.18 Å². The molecule has 1 N–H and O–H groups in total. The molecule has 0 aliphatic carbocycles. The van der Waals surface area contributed by atoms with Crippen molar-refractivity contribution in [1.82, 2.24) is 14.8 Å². The predicted octanol–water partition coefficient (Wildman–Crippen LogP) is 6.93. The molecule has 9 heteroatoms. The molecular formula is C26H17F3N4OS. The highest BCUT2D eigenvalue weighted by molar-refractivity contribution is 7.19. The first-order valence-corrected chi connectivity index (χ1v) is 11.4. The van der Waals surface area contributed by atoms with Crippen LogP contribution in [0.4, 0.5) is 18.3 Å². The lowest BCUT2D eigenvalue weighted by molar-refractivity contribution is -0.143. The third-order valence-electron chi connectivity index (χ3n) is 5.21. The number of alkyl halides is 3. The molecule has 2 aromatic heterocycles. The summed E-state index contributed by atoms with van der Waals surface area (Å²) < 4.78 is 42.7. The van der Waals surface area contributed by atoms with Crippen LogP contribution in [0.15, 0.2) is 97.2 Å². The highest BCUT2D eigenvalue weighted by Crippen LogP contribution is 2.39. The van der Waals surface area contributed by atoms with Crippen molar-refractivity contribution in [2.24, 2.45) is 0 Å². The standard InChI is InChI=1S/C26H17F3N4OS/c27-26(28,29)23-20(16-30-33(23)19-14-8-3-9-15-19)24(34)32-25-31-21(17-10-4-1-5-11-17)22(35-25)18-12-6-2-7-13-18/h1-16H,(H,31,32,34). The van der Waals surface area contributed by atoms with Gasteiger partial charge in [0, 0.05) is 5.56 Å². The van der Waals surface area contributed by atoms with Crippen LogP contribution in [0.1, 0.15) is 16.1 Å². The van der Waals surface area contributed by atoms with Crippen LogP contribution in [-0.4, -0.2) is 20.7 Å². The van der Waals surface area contributed by atoms with Gasteiger partial charge in [0.1, 0.15) is 0 Å². The lowest BCUT2D eigenvalue weighted by Gasteiger charge is -2.12. The zero-order chi connectivity index (χ0) is 24.4. The molecule has 5 aromatic rings. The first-order valence-electron chi connectivity index (χ1n) is 10.6. The number of rotatable bonds is 5. The minimum Gasteiger partial charge on any atom is -0.298 e. The number of thiazole rings is 1. The van der Waals surface area contributed by atoms with Crippen LogP contribution in [0.2, 0.25) is 0 Å². The van der Waals surface area contributed by atoms with Gasteiger partial charge in [-0.1, -0.05) is 90.2 Å². The molecule has 1 amide bonds. The largest absolute Gasteiger partial charge is 0.434 e. The van der Waals surface area contributed by atoms with Gasteiger partial charge in [0.2, 0.25) is 0 Å². The molecule has 0 aliphatic rings. The fraction of sp³-hybridized carbons (Fsp3) is 0.0385. The molecule has 0 spiro atoms. The second-order valence-corrected chi connectivity index (χ2v) is 8.53. The number of carbonyl (C=O) groups excluding carboxylic acids is 1. The van der Waals surface area contributed by atoms with Gasteiger partial charge in [-0.3, -0.25) is 10.1 Å². The number of hydrogen-bond donors (Lipinski definition) is 1. The number of halogens is 3. The van der Waals surface area contributed by atoms with E-state index in [1.807, 2.05) is 60.7 Å². The van der Waals surface area contributed by atoms with Crippen LogP contribution in [0, 0.1) is 0 Å². The van der Waals surface area contributed by atoms with E-state index in [-0.39, 0.29) is 10.8 Å². The van der Waals surface area contributed by atoms with Crippen molar-refractivity contribution in [2.45, 2.75) is 6.18 Å². The Balaban J connectivity index is 1.54. The highest BCUT2D eigenvalue weighted by Gasteiger charge is 2.40. The van der Waals surface area contributed by atoms with Crippen molar-refractivity contribution in [3.63, 3.8) is 0 Å². The zero-order valence-electron chi connectivity index (χ0n) is 18.0. The molecule has 5 nitrogen and oxygen atoms in total. The van der Waals surface area contributed by atoms with Gasteiger partial charge in [0.25, 0.3) is 5.91 Å². The van der Waals surface area contributed by atoms with E-state index in [4.69, 9.17) is 0 Å². The number of carbonyl (C=O) groups is 1. The topological polar surface area (TPSA) is 59.8 Å². The lowest BCUT2D eigenvalue weighted by Crippen LogP contribution is -2.20. The Morgan fingerprint density at radius 2 is 1.40 bits per heavy atom. The van der Waals surface area contributed by atoms with Crippen molar-refractivity contribution in [3.8, 4) is 27.4 Å². The van der Waals surface area contributed by atoms with Gasteiger partial charge in [-0.15, -0.1) is 0 Å². The quantitative estimate of drug-likeness (QED) is 0.291. The number of hydrogen-bond acceptors (Lipinski definition) is 4. The highest BCUT2D eigenvalue weighted by atomic mass is 32.1. The van der Waals surface area contributed by atoms with E-state index < -0.39 is 23.3 Å². The molecule has 0 saturated carbocycles. The Morgan fingerprint density at radius 1 is 0.829 bits per heavy atom. The fourth-order valence-corrected chi connectivity index (χ4v) is 4.66. The van der Waals surface area contributed by atoms with E-state index in [9.17, 15) is 18.0 Å². The second-order valence-electron chi connectivity index (χ2n) is 7.53. The SMILES string of the molecule is O=C(Nc1nc(-c2ccccc2)c(-c2ccccc2)s1)c1cnn(-c2ccccc2)c1C(F)(F)F. The third kappa shape index (κ3) is 4.58. The molecule has 2 heterocycles. The maximum Gasteiger partial charge on any atom is 0.434 e. The molecule has 174 valence electrons. The number of para-hydroxylation sites is 1. The predicted molar refractivity (Wildman–Crippen MR) is 130 cm³/mol. The molecule has 0 saturated heterocycles. The van der Waals surface area contributed by atoms with E-state index in [2.05, 4.69) is 15.4 Å². The molecule has 0 atom stereocenters. The Bertz CT molecular complexity index is 1410. The molecular weight excluding hydrogens is 473 g/mol. The van der Waals surface area contributed by atoms with Gasteiger partial charge in [0.15, 0.2) is 10.8 Å². The molecule has 0 bridgehead atoms. The van der Waals surface area contributed by atoms with Crippen LogP contribution in [0.25, 0.3) is 27.4 Å². The summed E-state index contributed by atoms with van der Waals surface area (Å²) in [7, 11) is 0. The number of nitrogens with one attached hydrogen (secondary N) is 1. The molecule has 5 rings (SSSR count). The molecule has 0 aliphatic heterocycles. The first kappa shape index (κ1) is 22.5. The molecule has 3 aromatic carbocycles. The average Bonchev–Trinajstić information content (AvgIpc) is 3.51. The molecule has 0 fully saturated rings. The van der Waals surface area contributed by atoms with E-state index in [1.54, 1.807) is 18.2 Å². The number of anilines is 1. The fourth-order valence-electron chi connectivity index (χ4n) is 3.67. The second kappa shape index (κ2) is 9.19. The van der Waals surface area contributed by atoms with Crippen molar-refractivity contribution in [2.75, 3.05) is 5.32 Å². The minimum atomic E-state index is -4.80. The van der Waals surface area contributed by atoms with Crippen LogP contribution in [0.5, 0.6) is 0 Å². The maximum absolute atomic E-state index is 14.0. The van der Waals surface area contributed by atoms with Crippen molar-refractivity contribution >= 4 is 22.4 Å². The van der Waals surface area contributed by atoms with E-state index >= 15 is 0 Å². The molecule has 0 unspecified atom stereocenters. The van der Waals surface area contributed by atoms with E-state index in [0.29, 0.717) is 5.69 Å². The Hall–Kier alpha value is -4.24. The first-order chi connectivity index (χ1) is 16.9. The van der Waals surface area contributed by atoms with Gasteiger partial charge in [0.05, 0.1) is 28.0 Å². The normalized spacial score (nSPS) is 11.4. The summed E-state index contributed by atoms with van der Waals surface area (Å²) in [6, 6.07) is 26.7. The summed E-state index contributed by atoms with van der Waals surface area (Å²) in [6.45, 7) is 0. The zero-order valence-corrected chi connectivity index (χ0v) is 18.8. The van der Waals surface area contributed by atoms with Crippen LogP contribution in [-0.2, 0) is 6.18 Å². The number of amides is 1. The minimum absolute atomic E-state index is 0.188. The summed E-state index contributed by atoms with van der Waals surface area (Å²) in [5, 5.41) is 6.59. The molecule has 0 radical (unpaired) electrons. The summed E-state index contributed by atoms with van der Waals surface area (Å²) >= 11 is 1.20. The van der Waals surface area contributed by atoms with Gasteiger partial charge in [-0.25, -0.2) is 9.67 Å². The third-order valence-corrected chi connectivity index (χ3v) is 6.23. The van der Waals surface area contributed by atoms with Crippen LogP contribution in [0.3, 0.4) is 0 Å². The Morgan fingerprint density at radius 3 is 2.00 bits per heavy atom. The summed E-state index contributed by atoms with van der Waals surface area (Å²) in [4.78, 5) is 18.4.